The van der Waals surface area contributed by atoms with Crippen LogP contribution in [0.5, 0.6) is 0 Å². The summed E-state index contributed by atoms with van der Waals surface area (Å²) in [5.41, 5.74) is 2.29. The molecule has 0 atom stereocenters. The van der Waals surface area contributed by atoms with Gasteiger partial charge in [0.1, 0.15) is 6.67 Å². The van der Waals surface area contributed by atoms with Crippen LogP contribution in [0.25, 0.3) is 0 Å². The molecule has 21 heavy (non-hydrogen) atoms. The number of hydrogen-bond donors (Lipinski definition) is 1. The zero-order valence-corrected chi connectivity index (χ0v) is 10.7. The van der Waals surface area contributed by atoms with Crippen LogP contribution in [-0.4, -0.2) is 13.2 Å². The van der Waals surface area contributed by atoms with Crippen molar-refractivity contribution in [1.29, 1.82) is 0 Å². The number of rotatable bonds is 4. The molecule has 0 saturated carbocycles. The summed E-state index contributed by atoms with van der Waals surface area (Å²) in [5.74, 6) is 0. The molecule has 0 aliphatic carbocycles. The second-order valence-corrected chi connectivity index (χ2v) is 4.32. The van der Waals surface area contributed by atoms with Gasteiger partial charge in [-0.2, -0.15) is 26.3 Å². The normalized spacial score (nSPS) is 13.6. The fraction of sp³-hybridized carbons (Fsp3) is 0.385. The highest BCUT2D eigenvalue weighted by Crippen LogP contribution is 2.36. The van der Waals surface area contributed by atoms with Crippen LogP contribution in [0, 0.1) is 0 Å². The van der Waals surface area contributed by atoms with Crippen LogP contribution in [0.1, 0.15) is 16.7 Å². The molecule has 2 N–H and O–H groups in total. The summed E-state index contributed by atoms with van der Waals surface area (Å²) in [5, 5.41) is 0. The number of halogens is 7. The largest absolute Gasteiger partial charge is 0.416 e. The number of hydrogen-bond acceptors (Lipinski definition) is 1. The Morgan fingerprint density at radius 1 is 0.952 bits per heavy atom. The van der Waals surface area contributed by atoms with E-state index in [0.717, 1.165) is 0 Å². The predicted molar refractivity (Wildman–Crippen MR) is 63.3 cm³/mol. The van der Waals surface area contributed by atoms with Gasteiger partial charge in [-0.1, -0.05) is 6.08 Å². The van der Waals surface area contributed by atoms with E-state index in [1.807, 2.05) is 0 Å². The molecule has 8 heteroatoms. The summed E-state index contributed by atoms with van der Waals surface area (Å²) >= 11 is 0. The van der Waals surface area contributed by atoms with E-state index in [0.29, 0.717) is 12.1 Å². The summed E-state index contributed by atoms with van der Waals surface area (Å²) < 4.78 is 88.0. The van der Waals surface area contributed by atoms with Gasteiger partial charge in [-0.15, -0.1) is 0 Å². The van der Waals surface area contributed by atoms with Crippen molar-refractivity contribution >= 4 is 0 Å². The molecule has 118 valence electrons. The molecule has 0 amide bonds. The van der Waals surface area contributed by atoms with Crippen LogP contribution in [0.3, 0.4) is 0 Å². The number of nitrogens with two attached hydrogens (primary N) is 1. The van der Waals surface area contributed by atoms with Gasteiger partial charge in [0.15, 0.2) is 0 Å². The quantitative estimate of drug-likeness (QED) is 0.656. The second-order valence-electron chi connectivity index (χ2n) is 4.32. The Bertz CT molecular complexity index is 476. The van der Waals surface area contributed by atoms with Gasteiger partial charge in [0, 0.05) is 6.54 Å². The van der Waals surface area contributed by atoms with Gasteiger partial charge in [0.25, 0.3) is 0 Å². The lowest BCUT2D eigenvalue weighted by Gasteiger charge is -2.13. The Kier molecular flexibility index (Phi) is 5.38. The van der Waals surface area contributed by atoms with Gasteiger partial charge < -0.3 is 5.73 Å². The topological polar surface area (TPSA) is 26.0 Å². The van der Waals surface area contributed by atoms with Crippen molar-refractivity contribution in [2.75, 3.05) is 13.2 Å². The van der Waals surface area contributed by atoms with Gasteiger partial charge in [-0.05, 0) is 35.8 Å². The summed E-state index contributed by atoms with van der Waals surface area (Å²) in [6.07, 6.45) is -8.86. The van der Waals surface area contributed by atoms with Crippen molar-refractivity contribution in [2.45, 2.75) is 18.8 Å². The van der Waals surface area contributed by atoms with Gasteiger partial charge in [-0.3, -0.25) is 0 Å². The van der Waals surface area contributed by atoms with Crippen LogP contribution < -0.4 is 5.73 Å². The lowest BCUT2D eigenvalue weighted by molar-refractivity contribution is -0.143. The molecule has 0 aliphatic rings. The molecule has 1 aromatic rings. The van der Waals surface area contributed by atoms with Gasteiger partial charge in [0.2, 0.25) is 0 Å². The number of benzene rings is 1. The smallest absolute Gasteiger partial charge is 0.327 e. The lowest BCUT2D eigenvalue weighted by atomic mass is 10.0. The van der Waals surface area contributed by atoms with Gasteiger partial charge in [-0.25, -0.2) is 4.39 Å². The standard InChI is InChI=1S/C13H12F7N/c14-6-9(7-21)2-1-8-3-10(12(15,16)17)5-11(4-8)13(18,19)20/h2-5H,1,6-7,21H2/b9-2-. The zero-order valence-electron chi connectivity index (χ0n) is 10.7. The summed E-state index contributed by atoms with van der Waals surface area (Å²) in [7, 11) is 0. The fourth-order valence-electron chi connectivity index (χ4n) is 1.59. The average molecular weight is 315 g/mol. The summed E-state index contributed by atoms with van der Waals surface area (Å²) in [6.45, 7) is -1.05. The monoisotopic (exact) mass is 315 g/mol. The van der Waals surface area contributed by atoms with Crippen molar-refractivity contribution in [2.24, 2.45) is 5.73 Å². The number of allylic oxidation sites excluding steroid dienone is 1. The maximum atomic E-state index is 12.6. The molecule has 0 fully saturated rings. The second kappa shape index (κ2) is 6.46. The first kappa shape index (κ1) is 17.5. The van der Waals surface area contributed by atoms with E-state index in [4.69, 9.17) is 5.73 Å². The maximum Gasteiger partial charge on any atom is 0.416 e. The van der Waals surface area contributed by atoms with E-state index in [1.165, 1.54) is 6.08 Å². The van der Waals surface area contributed by atoms with Crippen molar-refractivity contribution in [1.82, 2.24) is 0 Å². The first-order valence-corrected chi connectivity index (χ1v) is 5.80. The fourth-order valence-corrected chi connectivity index (χ4v) is 1.59. The van der Waals surface area contributed by atoms with Crippen molar-refractivity contribution in [3.05, 3.63) is 46.5 Å². The summed E-state index contributed by atoms with van der Waals surface area (Å²) in [4.78, 5) is 0. The minimum absolute atomic E-state index is 0.0478. The van der Waals surface area contributed by atoms with Crippen LogP contribution in [-0.2, 0) is 18.8 Å². The maximum absolute atomic E-state index is 12.6. The first-order valence-electron chi connectivity index (χ1n) is 5.80. The van der Waals surface area contributed by atoms with Crippen LogP contribution in [0.4, 0.5) is 30.7 Å². The Labute approximate surface area is 116 Å². The van der Waals surface area contributed by atoms with Crippen molar-refractivity contribution in [3.8, 4) is 0 Å². The molecule has 0 saturated heterocycles. The zero-order chi connectivity index (χ0) is 16.3. The van der Waals surface area contributed by atoms with E-state index in [-0.39, 0.29) is 30.2 Å². The molecule has 0 aliphatic heterocycles. The van der Waals surface area contributed by atoms with Crippen LogP contribution >= 0.6 is 0 Å². The van der Waals surface area contributed by atoms with E-state index in [2.05, 4.69) is 0 Å². The molecular formula is C13H12F7N. The third-order valence-electron chi connectivity index (χ3n) is 2.71. The molecule has 0 aromatic heterocycles. The highest BCUT2D eigenvalue weighted by molar-refractivity contribution is 5.35. The first-order chi connectivity index (χ1) is 9.57. The van der Waals surface area contributed by atoms with E-state index in [9.17, 15) is 30.7 Å². The van der Waals surface area contributed by atoms with Crippen LogP contribution in [0.2, 0.25) is 0 Å². The van der Waals surface area contributed by atoms with Crippen molar-refractivity contribution in [3.63, 3.8) is 0 Å². The van der Waals surface area contributed by atoms with E-state index >= 15 is 0 Å². The Morgan fingerprint density at radius 3 is 1.76 bits per heavy atom. The number of alkyl halides is 7. The average Bonchev–Trinajstić information content (AvgIpc) is 2.37. The van der Waals surface area contributed by atoms with Crippen molar-refractivity contribution < 1.29 is 30.7 Å². The molecule has 0 radical (unpaired) electrons. The third-order valence-corrected chi connectivity index (χ3v) is 2.71. The molecule has 1 nitrogen and oxygen atoms in total. The van der Waals surface area contributed by atoms with Gasteiger partial charge in [0.05, 0.1) is 11.1 Å². The minimum atomic E-state index is -4.89. The Morgan fingerprint density at radius 2 is 1.43 bits per heavy atom. The third kappa shape index (κ3) is 5.04. The molecule has 0 unspecified atom stereocenters. The molecule has 1 rings (SSSR count). The Balaban J connectivity index is 3.23. The SMILES string of the molecule is NC/C(=C\Cc1cc(C(F)(F)F)cc(C(F)(F)F)c1)CF. The minimum Gasteiger partial charge on any atom is -0.327 e. The lowest BCUT2D eigenvalue weighted by Crippen LogP contribution is -2.12. The van der Waals surface area contributed by atoms with E-state index < -0.39 is 30.2 Å². The molecule has 0 bridgehead atoms. The highest BCUT2D eigenvalue weighted by atomic mass is 19.4. The molecule has 1 aromatic carbocycles. The summed E-state index contributed by atoms with van der Waals surface area (Å²) in [6, 6.07) is 1.27. The van der Waals surface area contributed by atoms with E-state index in [1.54, 1.807) is 0 Å². The highest BCUT2D eigenvalue weighted by Gasteiger charge is 2.36. The molecular weight excluding hydrogens is 303 g/mol. The Hall–Kier alpha value is -1.57. The predicted octanol–water partition coefficient (Wildman–Crippen LogP) is 4.12. The van der Waals surface area contributed by atoms with Crippen LogP contribution in [0.15, 0.2) is 29.8 Å². The van der Waals surface area contributed by atoms with Gasteiger partial charge >= 0.3 is 12.4 Å². The molecule has 0 spiro atoms. The molecule has 0 heterocycles.